The number of aromatic nitrogens is 1. The van der Waals surface area contributed by atoms with Crippen molar-refractivity contribution in [3.8, 4) is 0 Å². The number of rotatable bonds is 5. The molecule has 1 N–H and O–H groups in total. The molecule has 7 heteroatoms. The molecule has 0 aliphatic rings. The first-order chi connectivity index (χ1) is 12.4. The summed E-state index contributed by atoms with van der Waals surface area (Å²) in [7, 11) is 0. The fraction of sp³-hybridized carbons (Fsp3) is 0.105. The maximum atomic E-state index is 13.8. The molecule has 0 aliphatic carbocycles. The topological polar surface area (TPSA) is 34.0 Å². The highest BCUT2D eigenvalue weighted by Gasteiger charge is 2.09. The molecule has 0 atom stereocenters. The van der Waals surface area contributed by atoms with Gasteiger partial charge in [0.2, 0.25) is 0 Å². The maximum absolute atomic E-state index is 13.8. The Labute approximate surface area is 162 Å². The largest absolute Gasteiger partial charge is 0.380 e. The molecule has 0 unspecified atom stereocenters. The number of nitrogens with zero attached hydrogens (tertiary/aromatic N) is 1. The van der Waals surface area contributed by atoms with Crippen molar-refractivity contribution in [2.45, 2.75) is 13.1 Å². The Morgan fingerprint density at radius 3 is 2.65 bits per heavy atom. The molecule has 1 heterocycles. The second-order valence-electron chi connectivity index (χ2n) is 5.70. The minimum absolute atomic E-state index is 0.203. The molecule has 1 aromatic heterocycles. The lowest BCUT2D eigenvalue weighted by Gasteiger charge is -2.12. The lowest BCUT2D eigenvalue weighted by atomic mass is 10.2. The van der Waals surface area contributed by atoms with Gasteiger partial charge in [-0.15, -0.1) is 0 Å². The van der Waals surface area contributed by atoms with Crippen molar-refractivity contribution in [1.29, 1.82) is 0 Å². The molecule has 3 rings (SSSR count). The minimum Gasteiger partial charge on any atom is -0.380 e. The first-order valence-electron chi connectivity index (χ1n) is 7.75. The van der Waals surface area contributed by atoms with E-state index in [1.807, 2.05) is 0 Å². The second-order valence-corrected chi connectivity index (χ2v) is 6.93. The standard InChI is InChI=1S/C19H14BrClF2N2O/c20-18-17(24-10-13-4-5-14(21)9-16(13)23)6-7-25(19(18)26)11-12-2-1-3-15(22)8-12/h1-9,24H,10-11H2. The predicted octanol–water partition coefficient (Wildman–Crippen LogP) is 5.20. The van der Waals surface area contributed by atoms with Crippen LogP contribution in [0, 0.1) is 11.6 Å². The molecule has 0 saturated carbocycles. The van der Waals surface area contributed by atoms with Crippen molar-refractivity contribution >= 4 is 33.2 Å². The number of nitrogens with one attached hydrogen (secondary N) is 1. The third-order valence-corrected chi connectivity index (χ3v) is 4.83. The Kier molecular flexibility index (Phi) is 5.74. The Bertz CT molecular complexity index is 1010. The van der Waals surface area contributed by atoms with Gasteiger partial charge >= 0.3 is 0 Å². The van der Waals surface area contributed by atoms with Crippen LogP contribution in [0.5, 0.6) is 0 Å². The molecule has 26 heavy (non-hydrogen) atoms. The van der Waals surface area contributed by atoms with E-state index in [0.717, 1.165) is 0 Å². The summed E-state index contributed by atoms with van der Waals surface area (Å²) in [6.45, 7) is 0.455. The van der Waals surface area contributed by atoms with E-state index in [1.54, 1.807) is 36.5 Å². The van der Waals surface area contributed by atoms with Crippen LogP contribution in [0.1, 0.15) is 11.1 Å². The van der Waals surface area contributed by atoms with Crippen molar-refractivity contribution in [3.05, 3.63) is 97.3 Å². The predicted molar refractivity (Wildman–Crippen MR) is 103 cm³/mol. The van der Waals surface area contributed by atoms with Crippen LogP contribution in [0.4, 0.5) is 14.5 Å². The zero-order valence-corrected chi connectivity index (χ0v) is 15.8. The van der Waals surface area contributed by atoms with Crippen molar-refractivity contribution in [2.24, 2.45) is 0 Å². The molecule has 0 radical (unpaired) electrons. The molecule has 0 saturated heterocycles. The van der Waals surface area contributed by atoms with E-state index < -0.39 is 5.82 Å². The van der Waals surface area contributed by atoms with Crippen LogP contribution >= 0.6 is 27.5 Å². The van der Waals surface area contributed by atoms with Gasteiger partial charge in [-0.2, -0.15) is 0 Å². The fourth-order valence-corrected chi connectivity index (χ4v) is 3.15. The summed E-state index contributed by atoms with van der Waals surface area (Å²) in [4.78, 5) is 12.5. The number of hydrogen-bond donors (Lipinski definition) is 1. The molecule has 0 spiro atoms. The summed E-state index contributed by atoms with van der Waals surface area (Å²) >= 11 is 9.02. The monoisotopic (exact) mass is 438 g/mol. The van der Waals surface area contributed by atoms with Gasteiger partial charge in [0, 0.05) is 23.3 Å². The van der Waals surface area contributed by atoms with Gasteiger partial charge in [0.05, 0.1) is 12.2 Å². The summed E-state index contributed by atoms with van der Waals surface area (Å²) in [6.07, 6.45) is 1.61. The highest BCUT2D eigenvalue weighted by molar-refractivity contribution is 9.10. The number of pyridine rings is 1. The average molecular weight is 440 g/mol. The lowest BCUT2D eigenvalue weighted by molar-refractivity contribution is 0.613. The molecule has 3 aromatic rings. The molecule has 3 nitrogen and oxygen atoms in total. The third kappa shape index (κ3) is 4.31. The molecule has 0 fully saturated rings. The number of benzene rings is 2. The van der Waals surface area contributed by atoms with Gasteiger partial charge in [-0.3, -0.25) is 4.79 Å². The Balaban J connectivity index is 1.78. The Morgan fingerprint density at radius 2 is 1.92 bits per heavy atom. The van der Waals surface area contributed by atoms with Crippen molar-refractivity contribution < 1.29 is 8.78 Å². The van der Waals surface area contributed by atoms with E-state index >= 15 is 0 Å². The normalized spacial score (nSPS) is 10.8. The van der Waals surface area contributed by atoms with Crippen LogP contribution in [0.15, 0.2) is 64.0 Å². The van der Waals surface area contributed by atoms with Crippen LogP contribution < -0.4 is 10.9 Å². The van der Waals surface area contributed by atoms with Gasteiger partial charge < -0.3 is 9.88 Å². The van der Waals surface area contributed by atoms with Crippen LogP contribution in [-0.2, 0) is 13.1 Å². The Hall–Kier alpha value is -2.18. The molecule has 0 aliphatic heterocycles. The Morgan fingerprint density at radius 1 is 1.12 bits per heavy atom. The van der Waals surface area contributed by atoms with Crippen LogP contribution in [-0.4, -0.2) is 4.57 Å². The molecule has 2 aromatic carbocycles. The summed E-state index contributed by atoms with van der Waals surface area (Å²) < 4.78 is 28.9. The fourth-order valence-electron chi connectivity index (χ4n) is 2.50. The molecule has 0 amide bonds. The number of anilines is 1. The molecular formula is C19H14BrClF2N2O. The summed E-state index contributed by atoms with van der Waals surface area (Å²) in [5.74, 6) is -0.765. The third-order valence-electron chi connectivity index (χ3n) is 3.83. The summed E-state index contributed by atoms with van der Waals surface area (Å²) in [5.41, 5.74) is 1.39. The second kappa shape index (κ2) is 8.01. The van der Waals surface area contributed by atoms with E-state index in [1.165, 1.54) is 22.8 Å². The van der Waals surface area contributed by atoms with Gasteiger partial charge in [-0.25, -0.2) is 8.78 Å². The van der Waals surface area contributed by atoms with Crippen LogP contribution in [0.2, 0.25) is 5.02 Å². The first kappa shape index (κ1) is 18.6. The van der Waals surface area contributed by atoms with E-state index in [4.69, 9.17) is 11.6 Å². The van der Waals surface area contributed by atoms with Crippen molar-refractivity contribution in [2.75, 3.05) is 5.32 Å². The van der Waals surface area contributed by atoms with Gasteiger partial charge in [-0.05, 0) is 51.8 Å². The quantitative estimate of drug-likeness (QED) is 0.593. The van der Waals surface area contributed by atoms with E-state index in [9.17, 15) is 13.6 Å². The van der Waals surface area contributed by atoms with E-state index in [0.29, 0.717) is 26.3 Å². The first-order valence-corrected chi connectivity index (χ1v) is 8.92. The van der Waals surface area contributed by atoms with E-state index in [-0.39, 0.29) is 24.5 Å². The zero-order chi connectivity index (χ0) is 18.7. The van der Waals surface area contributed by atoms with Crippen molar-refractivity contribution in [3.63, 3.8) is 0 Å². The SMILES string of the molecule is O=c1c(Br)c(NCc2ccc(Cl)cc2F)ccn1Cc1cccc(F)c1. The highest BCUT2D eigenvalue weighted by atomic mass is 79.9. The maximum Gasteiger partial charge on any atom is 0.267 e. The van der Waals surface area contributed by atoms with Gasteiger partial charge in [0.1, 0.15) is 16.1 Å². The van der Waals surface area contributed by atoms with Gasteiger partial charge in [-0.1, -0.05) is 29.8 Å². The van der Waals surface area contributed by atoms with Crippen LogP contribution in [0.25, 0.3) is 0 Å². The minimum atomic E-state index is -0.416. The average Bonchev–Trinajstić information content (AvgIpc) is 2.60. The molecular weight excluding hydrogens is 426 g/mol. The summed E-state index contributed by atoms with van der Waals surface area (Å²) in [5, 5.41) is 3.35. The number of halogens is 4. The summed E-state index contributed by atoms with van der Waals surface area (Å²) in [6, 6.07) is 12.2. The lowest BCUT2D eigenvalue weighted by Crippen LogP contribution is -2.22. The smallest absolute Gasteiger partial charge is 0.267 e. The zero-order valence-electron chi connectivity index (χ0n) is 13.5. The van der Waals surface area contributed by atoms with Crippen molar-refractivity contribution in [1.82, 2.24) is 4.57 Å². The van der Waals surface area contributed by atoms with Gasteiger partial charge in [0.15, 0.2) is 0 Å². The molecule has 0 bridgehead atoms. The highest BCUT2D eigenvalue weighted by Crippen LogP contribution is 2.20. The molecule has 134 valence electrons. The van der Waals surface area contributed by atoms with Gasteiger partial charge in [0.25, 0.3) is 5.56 Å². The number of hydrogen-bond acceptors (Lipinski definition) is 2. The van der Waals surface area contributed by atoms with E-state index in [2.05, 4.69) is 21.2 Å². The van der Waals surface area contributed by atoms with Crippen LogP contribution in [0.3, 0.4) is 0 Å².